The normalized spacial score (nSPS) is 15.3. The van der Waals surface area contributed by atoms with Crippen LogP contribution in [-0.2, 0) is 0 Å². The topological polar surface area (TPSA) is 103 Å². The van der Waals surface area contributed by atoms with Crippen LogP contribution in [0, 0.1) is 10.1 Å². The van der Waals surface area contributed by atoms with Crippen LogP contribution in [-0.4, -0.2) is 27.5 Å². The lowest BCUT2D eigenvalue weighted by atomic mass is 10.1. The van der Waals surface area contributed by atoms with Crippen molar-refractivity contribution in [3.63, 3.8) is 0 Å². The van der Waals surface area contributed by atoms with E-state index in [1.54, 1.807) is 18.4 Å². The molecule has 7 nitrogen and oxygen atoms in total. The molecule has 7 heteroatoms. The molecule has 1 heterocycles. The summed E-state index contributed by atoms with van der Waals surface area (Å²) in [6, 6.07) is 1.53. The first-order chi connectivity index (χ1) is 8.78. The van der Waals surface area contributed by atoms with E-state index in [9.17, 15) is 14.9 Å². The van der Waals surface area contributed by atoms with Crippen molar-refractivity contribution in [2.24, 2.45) is 5.73 Å². The zero-order chi connectivity index (χ0) is 14.2. The van der Waals surface area contributed by atoms with E-state index in [4.69, 9.17) is 5.73 Å². The summed E-state index contributed by atoms with van der Waals surface area (Å²) < 4.78 is 1.69. The third-order valence-electron chi connectivity index (χ3n) is 2.92. The Balaban J connectivity index is 2.18. The van der Waals surface area contributed by atoms with Crippen LogP contribution in [0.25, 0.3) is 0 Å². The second kappa shape index (κ2) is 4.65. The molecule has 1 aliphatic rings. The largest absolute Gasteiger partial charge is 0.349 e. The fourth-order valence-electron chi connectivity index (χ4n) is 1.80. The Labute approximate surface area is 110 Å². The molecule has 0 unspecified atom stereocenters. The first-order valence-corrected chi connectivity index (χ1v) is 6.21. The van der Waals surface area contributed by atoms with Crippen molar-refractivity contribution in [1.29, 1.82) is 0 Å². The van der Waals surface area contributed by atoms with Gasteiger partial charge in [-0.05, 0) is 26.7 Å². The summed E-state index contributed by atoms with van der Waals surface area (Å²) in [6.45, 7) is 3.92. The summed E-state index contributed by atoms with van der Waals surface area (Å²) in [4.78, 5) is 22.4. The molecule has 19 heavy (non-hydrogen) atoms. The molecule has 3 N–H and O–H groups in total. The van der Waals surface area contributed by atoms with E-state index in [0.29, 0.717) is 12.2 Å². The monoisotopic (exact) mass is 266 g/mol. The molecule has 0 radical (unpaired) electrons. The van der Waals surface area contributed by atoms with Crippen molar-refractivity contribution in [1.82, 2.24) is 9.88 Å². The molecule has 104 valence electrons. The number of nitrogens with one attached hydrogen (secondary N) is 1. The maximum absolute atomic E-state index is 12.1. The van der Waals surface area contributed by atoms with Gasteiger partial charge in [0, 0.05) is 24.2 Å². The molecule has 2 rings (SSSR count). The number of rotatable bonds is 5. The summed E-state index contributed by atoms with van der Waals surface area (Å²) in [5.74, 6) is -0.321. The number of nitrogens with two attached hydrogens (primary N) is 1. The minimum atomic E-state index is -0.515. The summed E-state index contributed by atoms with van der Waals surface area (Å²) in [5, 5.41) is 13.5. The number of carbonyl (C=O) groups excluding carboxylic acids is 1. The highest BCUT2D eigenvalue weighted by atomic mass is 16.6. The molecule has 0 spiro atoms. The highest BCUT2D eigenvalue weighted by molar-refractivity contribution is 5.93. The molecule has 1 aromatic rings. The number of carbonyl (C=O) groups is 1. The molecule has 1 aliphatic carbocycles. The number of hydrogen-bond acceptors (Lipinski definition) is 4. The van der Waals surface area contributed by atoms with Gasteiger partial charge in [-0.2, -0.15) is 0 Å². The van der Waals surface area contributed by atoms with Gasteiger partial charge in [0.15, 0.2) is 0 Å². The lowest BCUT2D eigenvalue weighted by Crippen LogP contribution is -2.45. The minimum absolute atomic E-state index is 0.0518. The minimum Gasteiger partial charge on any atom is -0.349 e. The van der Waals surface area contributed by atoms with E-state index in [1.165, 1.54) is 12.3 Å². The predicted octanol–water partition coefficient (Wildman–Crippen LogP) is 1.20. The lowest BCUT2D eigenvalue weighted by molar-refractivity contribution is -0.384. The molecule has 1 fully saturated rings. The van der Waals surface area contributed by atoms with E-state index < -0.39 is 10.5 Å². The van der Waals surface area contributed by atoms with Crippen LogP contribution in [0.2, 0.25) is 0 Å². The van der Waals surface area contributed by atoms with Gasteiger partial charge in [0.05, 0.1) is 11.1 Å². The summed E-state index contributed by atoms with van der Waals surface area (Å²) >= 11 is 0. The van der Waals surface area contributed by atoms with Crippen LogP contribution in [0.3, 0.4) is 0 Å². The SMILES string of the molecule is CC(C)(N)CNC(=O)c1cc([N+](=O)[O-])cn1C1CC1. The Morgan fingerprint density at radius 2 is 2.26 bits per heavy atom. The van der Waals surface area contributed by atoms with Crippen molar-refractivity contribution in [3.05, 3.63) is 28.1 Å². The molecule has 1 saturated carbocycles. The molecule has 1 aromatic heterocycles. The zero-order valence-electron chi connectivity index (χ0n) is 11.0. The summed E-state index contributed by atoms with van der Waals surface area (Å²) in [6.07, 6.45) is 3.34. The van der Waals surface area contributed by atoms with Gasteiger partial charge in [-0.25, -0.2) is 0 Å². The number of amides is 1. The maximum atomic E-state index is 12.1. The molecule has 0 bridgehead atoms. The van der Waals surface area contributed by atoms with Crippen LogP contribution in [0.4, 0.5) is 5.69 Å². The van der Waals surface area contributed by atoms with E-state index in [-0.39, 0.29) is 17.6 Å². The van der Waals surface area contributed by atoms with Crippen molar-refractivity contribution in [2.75, 3.05) is 6.54 Å². The fraction of sp³-hybridized carbons (Fsp3) is 0.583. The summed E-state index contributed by atoms with van der Waals surface area (Å²) in [7, 11) is 0. The van der Waals surface area contributed by atoms with Crippen molar-refractivity contribution in [3.8, 4) is 0 Å². The van der Waals surface area contributed by atoms with Gasteiger partial charge >= 0.3 is 0 Å². The molecule has 0 aliphatic heterocycles. The average molecular weight is 266 g/mol. The Hall–Kier alpha value is -1.89. The van der Waals surface area contributed by atoms with Gasteiger partial charge in [0.1, 0.15) is 5.69 Å². The molecule has 0 saturated heterocycles. The lowest BCUT2D eigenvalue weighted by Gasteiger charge is -2.19. The smallest absolute Gasteiger partial charge is 0.287 e. The van der Waals surface area contributed by atoms with Gasteiger partial charge in [-0.15, -0.1) is 0 Å². The van der Waals surface area contributed by atoms with Crippen LogP contribution in [0.5, 0.6) is 0 Å². The first kappa shape index (κ1) is 13.5. The highest BCUT2D eigenvalue weighted by Gasteiger charge is 2.30. The third-order valence-corrected chi connectivity index (χ3v) is 2.92. The van der Waals surface area contributed by atoms with E-state index >= 15 is 0 Å². The van der Waals surface area contributed by atoms with Crippen molar-refractivity contribution < 1.29 is 9.72 Å². The molecular formula is C12H18N4O3. The standard InChI is InChI=1S/C12H18N4O3/c1-12(2,13)7-14-11(17)10-5-9(16(18)19)6-15(10)8-3-4-8/h5-6,8H,3-4,7,13H2,1-2H3,(H,14,17). The van der Waals surface area contributed by atoms with E-state index in [2.05, 4.69) is 5.32 Å². The van der Waals surface area contributed by atoms with Crippen molar-refractivity contribution >= 4 is 11.6 Å². The molecule has 1 amide bonds. The van der Waals surface area contributed by atoms with Gasteiger partial charge < -0.3 is 15.6 Å². The second-order valence-electron chi connectivity index (χ2n) is 5.65. The third kappa shape index (κ3) is 3.31. The van der Waals surface area contributed by atoms with Crippen LogP contribution in [0.1, 0.15) is 43.2 Å². The average Bonchev–Trinajstić information content (AvgIpc) is 3.03. The Morgan fingerprint density at radius 1 is 1.63 bits per heavy atom. The number of aromatic nitrogens is 1. The zero-order valence-corrected chi connectivity index (χ0v) is 11.0. The number of nitro groups is 1. The van der Waals surface area contributed by atoms with E-state index in [0.717, 1.165) is 12.8 Å². The predicted molar refractivity (Wildman–Crippen MR) is 70.0 cm³/mol. The van der Waals surface area contributed by atoms with Gasteiger partial charge in [-0.1, -0.05) is 0 Å². The van der Waals surface area contributed by atoms with Crippen molar-refractivity contribution in [2.45, 2.75) is 38.3 Å². The van der Waals surface area contributed by atoms with Gasteiger partial charge in [0.2, 0.25) is 0 Å². The Bertz CT molecular complexity index is 512. The van der Waals surface area contributed by atoms with Crippen LogP contribution >= 0.6 is 0 Å². The molecule has 0 aromatic carbocycles. The number of nitrogens with zero attached hydrogens (tertiary/aromatic N) is 2. The van der Waals surface area contributed by atoms with Gasteiger partial charge in [0.25, 0.3) is 11.6 Å². The second-order valence-corrected chi connectivity index (χ2v) is 5.65. The Kier molecular flexibility index (Phi) is 3.32. The number of hydrogen-bond donors (Lipinski definition) is 2. The van der Waals surface area contributed by atoms with Crippen LogP contribution in [0.15, 0.2) is 12.3 Å². The van der Waals surface area contributed by atoms with Crippen LogP contribution < -0.4 is 11.1 Å². The quantitative estimate of drug-likeness (QED) is 0.617. The molecular weight excluding hydrogens is 248 g/mol. The first-order valence-electron chi connectivity index (χ1n) is 6.21. The Morgan fingerprint density at radius 3 is 2.74 bits per heavy atom. The highest BCUT2D eigenvalue weighted by Crippen LogP contribution is 2.37. The fourth-order valence-corrected chi connectivity index (χ4v) is 1.80. The summed E-state index contributed by atoms with van der Waals surface area (Å²) in [5.41, 5.74) is 5.56. The molecule has 0 atom stereocenters. The van der Waals surface area contributed by atoms with Gasteiger partial charge in [-0.3, -0.25) is 14.9 Å². The van der Waals surface area contributed by atoms with E-state index in [1.807, 2.05) is 0 Å². The maximum Gasteiger partial charge on any atom is 0.287 e.